The third kappa shape index (κ3) is 39.2. The van der Waals surface area contributed by atoms with Crippen LogP contribution in [0.2, 0.25) is 0 Å². The van der Waals surface area contributed by atoms with Gasteiger partial charge in [0.1, 0.15) is 30.5 Å². The molecule has 1 aliphatic rings. The summed E-state index contributed by atoms with van der Waals surface area (Å²) in [6.45, 7) is 4.02. The summed E-state index contributed by atoms with van der Waals surface area (Å²) in [6, 6.07) is 0. The molecule has 6 atom stereocenters. The molecule has 0 aliphatic carbocycles. The number of carbonyl (C=O) groups excluding carboxylic acids is 1. The molecule has 0 saturated carbocycles. The highest BCUT2D eigenvalue weighted by atomic mass is 32.3. The number of aliphatic hydroxyl groups is 3. The van der Waals surface area contributed by atoms with Gasteiger partial charge in [0.15, 0.2) is 6.29 Å². The number of rotatable bonds is 50. The first-order valence-electron chi connectivity index (χ1n) is 28.1. The van der Waals surface area contributed by atoms with Crippen LogP contribution in [0.4, 0.5) is 0 Å². The van der Waals surface area contributed by atoms with Crippen molar-refractivity contribution >= 4 is 16.4 Å². The maximum absolute atomic E-state index is 12.9. The van der Waals surface area contributed by atoms with Gasteiger partial charge in [0.05, 0.1) is 19.8 Å². The van der Waals surface area contributed by atoms with Crippen LogP contribution in [0.25, 0.3) is 0 Å². The Bertz CT molecular complexity index is 1280. The SMILES string of the molecule is CCCCCC/C=C\C/C=C\CCCCCCCCCC(=O)OC(COCCCCCCCCCCCCCCCCCCCCCCCCC)COC1OC(CO)C(O)C(OS(=O)(=O)O)C1O. The van der Waals surface area contributed by atoms with Crippen molar-refractivity contribution in [2.24, 2.45) is 0 Å². The van der Waals surface area contributed by atoms with E-state index in [0.717, 1.165) is 51.4 Å². The first kappa shape index (κ1) is 64.6. The van der Waals surface area contributed by atoms with Crippen molar-refractivity contribution in [3.63, 3.8) is 0 Å². The second kappa shape index (κ2) is 46.6. The van der Waals surface area contributed by atoms with Gasteiger partial charge < -0.3 is 34.3 Å². The van der Waals surface area contributed by atoms with Crippen LogP contribution >= 0.6 is 0 Å². The Labute approximate surface area is 416 Å². The minimum absolute atomic E-state index is 0.0376. The topological polar surface area (TPSA) is 178 Å². The minimum Gasteiger partial charge on any atom is -0.457 e. The van der Waals surface area contributed by atoms with E-state index < -0.39 is 59.8 Å². The van der Waals surface area contributed by atoms with E-state index in [1.165, 1.54) is 180 Å². The van der Waals surface area contributed by atoms with Crippen LogP contribution in [0, 0.1) is 0 Å². The van der Waals surface area contributed by atoms with E-state index in [-0.39, 0.29) is 19.6 Å². The normalized spacial score (nSPS) is 19.4. The van der Waals surface area contributed by atoms with Crippen LogP contribution in [0.15, 0.2) is 24.3 Å². The fourth-order valence-electron chi connectivity index (χ4n) is 8.82. The number of unbranched alkanes of at least 4 members (excludes halogenated alkanes) is 33. The molecule has 4 N–H and O–H groups in total. The summed E-state index contributed by atoms with van der Waals surface area (Å²) >= 11 is 0. The largest absolute Gasteiger partial charge is 0.457 e. The third-order valence-corrected chi connectivity index (χ3v) is 13.5. The van der Waals surface area contributed by atoms with Gasteiger partial charge in [0.25, 0.3) is 0 Å². The molecule has 68 heavy (non-hydrogen) atoms. The van der Waals surface area contributed by atoms with Crippen LogP contribution < -0.4 is 0 Å². The fraction of sp³-hybridized carbons (Fsp3) is 0.909. The van der Waals surface area contributed by atoms with Gasteiger partial charge in [0, 0.05) is 13.0 Å². The molecule has 13 heteroatoms. The Morgan fingerprint density at radius 1 is 0.559 bits per heavy atom. The summed E-state index contributed by atoms with van der Waals surface area (Å²) in [7, 11) is -5.07. The maximum Gasteiger partial charge on any atom is 0.397 e. The molecule has 0 spiro atoms. The van der Waals surface area contributed by atoms with Crippen LogP contribution in [0.1, 0.15) is 258 Å². The second-order valence-corrected chi connectivity index (χ2v) is 20.6. The molecule has 1 saturated heterocycles. The number of allylic oxidation sites excluding steroid dienone is 4. The van der Waals surface area contributed by atoms with Crippen molar-refractivity contribution in [1.29, 1.82) is 0 Å². The Morgan fingerprint density at radius 2 is 0.971 bits per heavy atom. The molecular weight excluding hydrogens is 885 g/mol. The molecule has 0 bridgehead atoms. The monoisotopic (exact) mass is 989 g/mol. The lowest BCUT2D eigenvalue weighted by atomic mass is 9.99. The summed E-state index contributed by atoms with van der Waals surface area (Å²) in [5.41, 5.74) is 0. The minimum atomic E-state index is -5.07. The van der Waals surface area contributed by atoms with E-state index in [1.807, 2.05) is 0 Å². The summed E-state index contributed by atoms with van der Waals surface area (Å²) in [5.74, 6) is -0.402. The first-order valence-corrected chi connectivity index (χ1v) is 29.5. The van der Waals surface area contributed by atoms with Gasteiger partial charge in [-0.1, -0.05) is 231 Å². The molecule has 0 amide bonds. The summed E-state index contributed by atoms with van der Waals surface area (Å²) in [6.07, 6.45) is 46.4. The van der Waals surface area contributed by atoms with Gasteiger partial charge in [0.2, 0.25) is 0 Å². The Hall–Kier alpha value is -1.42. The summed E-state index contributed by atoms with van der Waals surface area (Å²) in [5, 5.41) is 30.8. The summed E-state index contributed by atoms with van der Waals surface area (Å²) in [4.78, 5) is 12.9. The van der Waals surface area contributed by atoms with Gasteiger partial charge >= 0.3 is 16.4 Å². The Morgan fingerprint density at radius 3 is 1.41 bits per heavy atom. The molecular formula is C55H104O12S. The number of esters is 1. The Kier molecular flexibility index (Phi) is 44.3. The van der Waals surface area contributed by atoms with Gasteiger partial charge in [-0.05, 0) is 44.9 Å². The van der Waals surface area contributed by atoms with Crippen molar-refractivity contribution in [2.45, 2.75) is 295 Å². The smallest absolute Gasteiger partial charge is 0.397 e. The number of aliphatic hydroxyl groups excluding tert-OH is 3. The number of ether oxygens (including phenoxy) is 4. The van der Waals surface area contributed by atoms with Crippen molar-refractivity contribution in [3.8, 4) is 0 Å². The van der Waals surface area contributed by atoms with Gasteiger partial charge in [-0.15, -0.1) is 0 Å². The average Bonchev–Trinajstić information content (AvgIpc) is 3.31. The molecule has 0 radical (unpaired) electrons. The molecule has 402 valence electrons. The van der Waals surface area contributed by atoms with Crippen LogP contribution in [0.3, 0.4) is 0 Å². The van der Waals surface area contributed by atoms with E-state index in [4.69, 9.17) is 18.9 Å². The predicted octanol–water partition coefficient (Wildman–Crippen LogP) is 13.5. The molecule has 1 heterocycles. The number of carbonyl (C=O) groups is 1. The predicted molar refractivity (Wildman–Crippen MR) is 276 cm³/mol. The number of hydrogen-bond donors (Lipinski definition) is 4. The number of hydrogen-bond acceptors (Lipinski definition) is 11. The zero-order valence-corrected chi connectivity index (χ0v) is 44.3. The molecule has 0 aromatic rings. The van der Waals surface area contributed by atoms with Crippen molar-refractivity contribution in [1.82, 2.24) is 0 Å². The van der Waals surface area contributed by atoms with Crippen molar-refractivity contribution in [2.75, 3.05) is 26.4 Å². The lowest BCUT2D eigenvalue weighted by Crippen LogP contribution is -2.60. The highest BCUT2D eigenvalue weighted by molar-refractivity contribution is 7.80. The zero-order valence-electron chi connectivity index (χ0n) is 43.4. The van der Waals surface area contributed by atoms with Crippen molar-refractivity contribution in [3.05, 3.63) is 24.3 Å². The van der Waals surface area contributed by atoms with Gasteiger partial charge in [-0.3, -0.25) is 9.35 Å². The standard InChI is InChI=1S/C55H104O12S/c1-3-5-7-9-11-13-15-17-19-21-23-24-25-26-27-29-31-33-35-37-39-41-43-45-63-47-49(48-64-55-53(59)54(67-68(60,61)62)52(58)50(46-56)66-55)65-51(57)44-42-40-38-36-34-32-30-28-22-20-18-16-14-12-10-8-6-4-2/h14,16,20,22,49-50,52-56,58-59H,3-13,15,17-19,21,23-48H2,1-2H3,(H,60,61,62)/b16-14-,22-20-. The van der Waals surface area contributed by atoms with Gasteiger partial charge in [-0.25, -0.2) is 4.18 Å². The molecule has 6 unspecified atom stereocenters. The van der Waals surface area contributed by atoms with E-state index in [0.29, 0.717) is 13.0 Å². The lowest BCUT2D eigenvalue weighted by molar-refractivity contribution is -0.301. The molecule has 0 aromatic heterocycles. The maximum atomic E-state index is 12.9. The average molecular weight is 989 g/mol. The lowest BCUT2D eigenvalue weighted by Gasteiger charge is -2.41. The quantitative estimate of drug-likeness (QED) is 0.0196. The van der Waals surface area contributed by atoms with Crippen LogP contribution in [-0.4, -0.2) is 97.5 Å². The van der Waals surface area contributed by atoms with E-state index in [2.05, 4.69) is 42.3 Å². The molecule has 1 aliphatic heterocycles. The van der Waals surface area contributed by atoms with Crippen molar-refractivity contribution < 1.29 is 56.2 Å². The fourth-order valence-corrected chi connectivity index (χ4v) is 9.33. The zero-order chi connectivity index (χ0) is 49.6. The van der Waals surface area contributed by atoms with E-state index in [9.17, 15) is 33.1 Å². The highest BCUT2D eigenvalue weighted by Crippen LogP contribution is 2.26. The van der Waals surface area contributed by atoms with E-state index >= 15 is 0 Å². The molecule has 1 fully saturated rings. The van der Waals surface area contributed by atoms with Crippen LogP contribution in [-0.2, 0) is 38.3 Å². The highest BCUT2D eigenvalue weighted by Gasteiger charge is 2.48. The van der Waals surface area contributed by atoms with E-state index in [1.54, 1.807) is 0 Å². The summed E-state index contributed by atoms with van der Waals surface area (Å²) < 4.78 is 59.4. The third-order valence-electron chi connectivity index (χ3n) is 13.1. The van der Waals surface area contributed by atoms with Gasteiger partial charge in [-0.2, -0.15) is 8.42 Å². The molecule has 1 rings (SSSR count). The molecule has 12 nitrogen and oxygen atoms in total. The van der Waals surface area contributed by atoms with Crippen LogP contribution in [0.5, 0.6) is 0 Å². The first-order chi connectivity index (χ1) is 33.1. The Balaban J connectivity index is 2.30. The molecule has 0 aromatic carbocycles. The second-order valence-electron chi connectivity index (χ2n) is 19.5.